The zero-order chi connectivity index (χ0) is 45.6. The molecule has 2 aliphatic rings. The molecule has 2 aliphatic heterocycles. The third-order valence-corrected chi connectivity index (χ3v) is 18.9. The van der Waals surface area contributed by atoms with Crippen molar-refractivity contribution in [3.05, 3.63) is 187 Å². The first-order valence-electron chi connectivity index (χ1n) is 22.9. The van der Waals surface area contributed by atoms with Crippen LogP contribution in [-0.4, -0.2) is 30.8 Å². The SMILES string of the molecule is CC(C)(C)c1ccccc1-c1cc2c3c(c1)[Se]c1cc(-n4c5ccccc5c5cc(C#N)ccc54)ccc1B3c1c(cc(-n3c4ccccc4c4cc(C#N)ccc43)c3c1sc1ccccc13)S2. The van der Waals surface area contributed by atoms with Crippen LogP contribution >= 0.6 is 23.1 Å². The zero-order valence-electron chi connectivity index (χ0n) is 37.3. The molecule has 0 atom stereocenters. The van der Waals surface area contributed by atoms with Gasteiger partial charge in [0, 0.05) is 0 Å². The van der Waals surface area contributed by atoms with Gasteiger partial charge in [-0.25, -0.2) is 0 Å². The molecule has 0 saturated carbocycles. The molecule has 8 heteroatoms. The summed E-state index contributed by atoms with van der Waals surface area (Å²) >= 11 is 3.87. The van der Waals surface area contributed by atoms with Crippen molar-refractivity contribution in [2.24, 2.45) is 0 Å². The van der Waals surface area contributed by atoms with Gasteiger partial charge in [0.25, 0.3) is 0 Å². The molecule has 0 saturated heterocycles. The molecule has 68 heavy (non-hydrogen) atoms. The fourth-order valence-corrected chi connectivity index (χ4v) is 16.7. The maximum atomic E-state index is 10.0. The molecule has 12 aromatic rings. The molecule has 0 fully saturated rings. The fourth-order valence-electron chi connectivity index (χ4n) is 11.3. The average molecular weight is 968 g/mol. The Morgan fingerprint density at radius 3 is 1.88 bits per heavy atom. The van der Waals surface area contributed by atoms with Crippen LogP contribution in [-0.2, 0) is 5.41 Å². The van der Waals surface area contributed by atoms with Gasteiger partial charge in [-0.1, -0.05) is 0 Å². The van der Waals surface area contributed by atoms with E-state index in [-0.39, 0.29) is 27.1 Å². The van der Waals surface area contributed by atoms with Crippen LogP contribution in [0.2, 0.25) is 0 Å². The van der Waals surface area contributed by atoms with Gasteiger partial charge in [-0.3, -0.25) is 0 Å². The number of fused-ring (bicyclic) bond motifs is 14. The summed E-state index contributed by atoms with van der Waals surface area (Å²) in [6.07, 6.45) is 0. The van der Waals surface area contributed by atoms with Crippen molar-refractivity contribution in [3.8, 4) is 34.6 Å². The normalized spacial score (nSPS) is 13.0. The fraction of sp³-hybridized carbons (Fsp3) is 0.0667. The van der Waals surface area contributed by atoms with Crippen LogP contribution in [0.1, 0.15) is 37.5 Å². The molecule has 3 aromatic heterocycles. The molecular weight excluding hydrogens is 931 g/mol. The first kappa shape index (κ1) is 39.8. The molecule has 0 aliphatic carbocycles. The topological polar surface area (TPSA) is 57.4 Å². The summed E-state index contributed by atoms with van der Waals surface area (Å²) < 4.78 is 10.3. The second-order valence-electron chi connectivity index (χ2n) is 19.0. The Bertz CT molecular complexity index is 4290. The Balaban J connectivity index is 1.07. The average Bonchev–Trinajstić information content (AvgIpc) is 4.03. The molecule has 4 nitrogen and oxygen atoms in total. The number of benzene rings is 9. The molecule has 5 heterocycles. The van der Waals surface area contributed by atoms with Gasteiger partial charge in [-0.2, -0.15) is 5.26 Å². The number of para-hydroxylation sites is 2. The Morgan fingerprint density at radius 1 is 0.544 bits per heavy atom. The number of aromatic nitrogens is 2. The molecule has 0 unspecified atom stereocenters. The second kappa shape index (κ2) is 14.6. The molecule has 318 valence electrons. The molecule has 0 radical (unpaired) electrons. The Labute approximate surface area is 407 Å². The van der Waals surface area contributed by atoms with Crippen molar-refractivity contribution < 1.29 is 0 Å². The van der Waals surface area contributed by atoms with Gasteiger partial charge in [0.2, 0.25) is 0 Å². The van der Waals surface area contributed by atoms with E-state index in [1.165, 1.54) is 77.7 Å². The summed E-state index contributed by atoms with van der Waals surface area (Å²) in [4.78, 5) is 2.61. The molecule has 0 spiro atoms. The van der Waals surface area contributed by atoms with E-state index in [9.17, 15) is 10.5 Å². The van der Waals surface area contributed by atoms with E-state index in [0.29, 0.717) is 11.1 Å². The van der Waals surface area contributed by atoms with Gasteiger partial charge in [0.1, 0.15) is 0 Å². The summed E-state index contributed by atoms with van der Waals surface area (Å²) in [6.45, 7) is 6.99. The standard InChI is InChI=1S/C60H37BN4S2Se/c1-60(2,3)44-16-8-4-12-38(44)36-28-52-57-55(29-36)68-54-30-37(64-46-17-9-5-13-39(46)42-26-34(32-62)20-24-48(42)64)22-23-45(54)61(57)58-53(66-52)31-50(56-41-15-7-11-19-51(41)67-59(56)58)65-47-18-10-6-14-40(47)43-27-35(33-63)21-25-49(43)65/h4-31H,1-3H3. The van der Waals surface area contributed by atoms with Gasteiger partial charge in [-0.05, 0) is 0 Å². The van der Waals surface area contributed by atoms with Crippen LogP contribution in [0, 0.1) is 22.7 Å². The predicted molar refractivity (Wildman–Crippen MR) is 288 cm³/mol. The van der Waals surface area contributed by atoms with Crippen molar-refractivity contribution in [1.29, 1.82) is 10.5 Å². The summed E-state index contributed by atoms with van der Waals surface area (Å²) in [6, 6.07) is 66.9. The van der Waals surface area contributed by atoms with Gasteiger partial charge in [0.15, 0.2) is 0 Å². The van der Waals surface area contributed by atoms with E-state index in [2.05, 4.69) is 194 Å². The third-order valence-electron chi connectivity index (χ3n) is 14.2. The number of rotatable bonds is 3. The number of nitriles is 2. The van der Waals surface area contributed by atoms with Crippen LogP contribution in [0.15, 0.2) is 180 Å². The summed E-state index contributed by atoms with van der Waals surface area (Å²) in [5.74, 6) is 0. The first-order chi connectivity index (χ1) is 33.2. The summed E-state index contributed by atoms with van der Waals surface area (Å²) in [5.41, 5.74) is 16.2. The van der Waals surface area contributed by atoms with Gasteiger partial charge in [-0.15, -0.1) is 0 Å². The summed E-state index contributed by atoms with van der Waals surface area (Å²) in [7, 11) is 0. The van der Waals surface area contributed by atoms with E-state index in [4.69, 9.17) is 0 Å². The molecule has 0 N–H and O–H groups in total. The minimum absolute atomic E-state index is 0.00782. The monoisotopic (exact) mass is 968 g/mol. The van der Waals surface area contributed by atoms with Crippen LogP contribution in [0.25, 0.3) is 86.3 Å². The number of hydrogen-bond donors (Lipinski definition) is 0. The second-order valence-corrected chi connectivity index (χ2v) is 23.5. The van der Waals surface area contributed by atoms with Gasteiger partial charge >= 0.3 is 399 Å². The van der Waals surface area contributed by atoms with Crippen LogP contribution in [0.3, 0.4) is 0 Å². The van der Waals surface area contributed by atoms with E-state index in [1.54, 1.807) is 0 Å². The van der Waals surface area contributed by atoms with Crippen molar-refractivity contribution >= 4 is 134 Å². The Kier molecular flexibility index (Phi) is 8.56. The van der Waals surface area contributed by atoms with Crippen LogP contribution in [0.4, 0.5) is 0 Å². The Morgan fingerprint density at radius 2 is 1.16 bits per heavy atom. The third kappa shape index (κ3) is 5.67. The number of hydrogen-bond acceptors (Lipinski definition) is 4. The molecule has 9 aromatic carbocycles. The van der Waals surface area contributed by atoms with Crippen molar-refractivity contribution in [2.45, 2.75) is 36.0 Å². The van der Waals surface area contributed by atoms with E-state index < -0.39 is 0 Å². The predicted octanol–water partition coefficient (Wildman–Crippen LogP) is 11.9. The van der Waals surface area contributed by atoms with E-state index >= 15 is 0 Å². The van der Waals surface area contributed by atoms with Crippen molar-refractivity contribution in [3.63, 3.8) is 0 Å². The van der Waals surface area contributed by atoms with E-state index in [1.807, 2.05) is 41.3 Å². The van der Waals surface area contributed by atoms with Crippen molar-refractivity contribution in [1.82, 2.24) is 9.13 Å². The van der Waals surface area contributed by atoms with E-state index in [0.717, 1.165) is 49.3 Å². The molecule has 0 amide bonds. The summed E-state index contributed by atoms with van der Waals surface area (Å²) in [5, 5.41) is 26.9. The van der Waals surface area contributed by atoms with Crippen LogP contribution < -0.4 is 25.3 Å². The maximum absolute atomic E-state index is 10.0. The van der Waals surface area contributed by atoms with Crippen molar-refractivity contribution in [2.75, 3.05) is 0 Å². The molecule has 14 rings (SSSR count). The minimum atomic E-state index is -0.0348. The van der Waals surface area contributed by atoms with Gasteiger partial charge in [0.05, 0.1) is 6.07 Å². The molecule has 0 bridgehead atoms. The quantitative estimate of drug-likeness (QED) is 0.166. The number of nitrogens with zero attached hydrogens (tertiary/aromatic N) is 4. The first-order valence-corrected chi connectivity index (χ1v) is 26.2. The molecular formula is C60H37BN4S2Se. The zero-order valence-corrected chi connectivity index (χ0v) is 40.6. The van der Waals surface area contributed by atoms with Gasteiger partial charge < -0.3 is 0 Å². The Hall–Kier alpha value is -7.29. The number of thiophene rings is 1. The van der Waals surface area contributed by atoms with Crippen LogP contribution in [0.5, 0.6) is 0 Å².